The smallest absolute Gasteiger partial charge is 0.222 e. The highest BCUT2D eigenvalue weighted by molar-refractivity contribution is 14.0. The second kappa shape index (κ2) is 12.4. The molecule has 1 aromatic heterocycles. The van der Waals surface area contributed by atoms with E-state index >= 15 is 0 Å². The van der Waals surface area contributed by atoms with E-state index in [4.69, 9.17) is 0 Å². The number of carbonyl (C=O) groups excluding carboxylic acids is 1. The summed E-state index contributed by atoms with van der Waals surface area (Å²) in [6.45, 7) is 8.45. The van der Waals surface area contributed by atoms with E-state index in [-0.39, 0.29) is 29.9 Å². The van der Waals surface area contributed by atoms with Crippen LogP contribution in [0.4, 0.5) is 0 Å². The van der Waals surface area contributed by atoms with Gasteiger partial charge in [-0.05, 0) is 26.3 Å². The monoisotopic (exact) mass is 498 g/mol. The molecule has 0 radical (unpaired) electrons. The molecule has 0 aliphatic rings. The Labute approximate surface area is 184 Å². The minimum Gasteiger partial charge on any atom is -0.357 e. The molecule has 2 rings (SSSR count). The standard InChI is InChI=1S/C20H30N6O.HI/c1-5-21-20(24-14-18-15(2)25-26(4)16(18)3)22-12-11-19(27)23-13-17-9-7-6-8-10-17;/h6-10H,5,11-14H2,1-4H3,(H,23,27)(H2,21,22,24);1H. The number of aromatic nitrogens is 2. The number of halogens is 1. The van der Waals surface area contributed by atoms with Crippen molar-refractivity contribution in [1.82, 2.24) is 25.7 Å². The van der Waals surface area contributed by atoms with Crippen molar-refractivity contribution in [3.63, 3.8) is 0 Å². The summed E-state index contributed by atoms with van der Waals surface area (Å²) in [4.78, 5) is 16.6. The zero-order valence-electron chi connectivity index (χ0n) is 17.1. The number of nitrogens with zero attached hydrogens (tertiary/aromatic N) is 3. The molecule has 0 saturated heterocycles. The van der Waals surface area contributed by atoms with Crippen LogP contribution >= 0.6 is 24.0 Å². The van der Waals surface area contributed by atoms with Gasteiger partial charge in [-0.1, -0.05) is 30.3 Å². The molecule has 0 atom stereocenters. The fourth-order valence-corrected chi connectivity index (χ4v) is 2.73. The topological polar surface area (TPSA) is 83.3 Å². The van der Waals surface area contributed by atoms with Crippen LogP contribution in [-0.4, -0.2) is 34.7 Å². The maximum atomic E-state index is 12.0. The molecule has 3 N–H and O–H groups in total. The number of hydrogen-bond acceptors (Lipinski definition) is 3. The minimum absolute atomic E-state index is 0. The Balaban J connectivity index is 0.00000392. The number of hydrogen-bond donors (Lipinski definition) is 3. The van der Waals surface area contributed by atoms with Crippen LogP contribution in [0.15, 0.2) is 35.3 Å². The van der Waals surface area contributed by atoms with Gasteiger partial charge in [-0.25, -0.2) is 4.99 Å². The number of nitrogens with one attached hydrogen (secondary N) is 3. The van der Waals surface area contributed by atoms with E-state index in [1.165, 1.54) is 0 Å². The van der Waals surface area contributed by atoms with Crippen LogP contribution in [0.25, 0.3) is 0 Å². The van der Waals surface area contributed by atoms with Crippen LogP contribution in [0, 0.1) is 13.8 Å². The lowest BCUT2D eigenvalue weighted by molar-refractivity contribution is -0.121. The summed E-state index contributed by atoms with van der Waals surface area (Å²) in [6, 6.07) is 9.89. The lowest BCUT2D eigenvalue weighted by atomic mass is 10.2. The van der Waals surface area contributed by atoms with E-state index < -0.39 is 0 Å². The summed E-state index contributed by atoms with van der Waals surface area (Å²) < 4.78 is 1.87. The van der Waals surface area contributed by atoms with Crippen LogP contribution in [-0.2, 0) is 24.9 Å². The van der Waals surface area contributed by atoms with Crippen molar-refractivity contribution in [1.29, 1.82) is 0 Å². The Morgan fingerprint density at radius 3 is 2.46 bits per heavy atom. The fourth-order valence-electron chi connectivity index (χ4n) is 2.73. The molecule has 0 aliphatic carbocycles. The number of aliphatic imine (C=N–C) groups is 1. The van der Waals surface area contributed by atoms with E-state index in [2.05, 4.69) is 26.0 Å². The van der Waals surface area contributed by atoms with E-state index in [0.29, 0.717) is 32.0 Å². The number of guanidine groups is 1. The maximum Gasteiger partial charge on any atom is 0.222 e. The third-order valence-corrected chi connectivity index (χ3v) is 4.38. The largest absolute Gasteiger partial charge is 0.357 e. The molecule has 154 valence electrons. The van der Waals surface area contributed by atoms with Gasteiger partial charge in [0.15, 0.2) is 5.96 Å². The van der Waals surface area contributed by atoms with Gasteiger partial charge in [0.2, 0.25) is 5.91 Å². The average molecular weight is 498 g/mol. The average Bonchev–Trinajstić information content (AvgIpc) is 2.90. The third-order valence-electron chi connectivity index (χ3n) is 4.38. The van der Waals surface area contributed by atoms with Crippen LogP contribution in [0.3, 0.4) is 0 Å². The zero-order valence-corrected chi connectivity index (χ0v) is 19.4. The molecule has 0 saturated carbocycles. The predicted molar refractivity (Wildman–Crippen MR) is 124 cm³/mol. The summed E-state index contributed by atoms with van der Waals surface area (Å²) in [6.07, 6.45) is 0.391. The molecule has 0 unspecified atom stereocenters. The summed E-state index contributed by atoms with van der Waals surface area (Å²) in [7, 11) is 1.94. The SMILES string of the molecule is CCNC(=NCc1c(C)nn(C)c1C)NCCC(=O)NCc1ccccc1.I. The molecular weight excluding hydrogens is 467 g/mol. The Hall–Kier alpha value is -2.10. The highest BCUT2D eigenvalue weighted by atomic mass is 127. The first-order valence-electron chi connectivity index (χ1n) is 9.33. The van der Waals surface area contributed by atoms with Crippen LogP contribution in [0.1, 0.15) is 35.9 Å². The van der Waals surface area contributed by atoms with Crippen LogP contribution in [0.2, 0.25) is 0 Å². The van der Waals surface area contributed by atoms with E-state index in [9.17, 15) is 4.79 Å². The normalized spacial score (nSPS) is 10.9. The molecule has 28 heavy (non-hydrogen) atoms. The third kappa shape index (κ3) is 7.49. The van der Waals surface area contributed by atoms with Gasteiger partial charge in [0.25, 0.3) is 0 Å². The van der Waals surface area contributed by atoms with E-state index in [1.54, 1.807) is 0 Å². The Morgan fingerprint density at radius 2 is 1.86 bits per heavy atom. The van der Waals surface area contributed by atoms with Gasteiger partial charge in [-0.2, -0.15) is 5.10 Å². The molecule has 1 amide bonds. The molecular formula is C20H31IN6O. The van der Waals surface area contributed by atoms with Crippen molar-refractivity contribution in [3.05, 3.63) is 52.8 Å². The van der Waals surface area contributed by atoms with Gasteiger partial charge in [-0.15, -0.1) is 24.0 Å². The van der Waals surface area contributed by atoms with E-state index in [1.807, 2.05) is 62.8 Å². The first-order chi connectivity index (χ1) is 13.0. The summed E-state index contributed by atoms with van der Waals surface area (Å²) >= 11 is 0. The Kier molecular flexibility index (Phi) is 10.6. The summed E-state index contributed by atoms with van der Waals surface area (Å²) in [5.74, 6) is 0.720. The van der Waals surface area contributed by atoms with Gasteiger partial charge in [-0.3, -0.25) is 9.48 Å². The number of carbonyl (C=O) groups is 1. The number of rotatable bonds is 8. The van der Waals surface area contributed by atoms with E-state index in [0.717, 1.165) is 29.1 Å². The molecule has 0 spiro atoms. The molecule has 1 heterocycles. The lowest BCUT2D eigenvalue weighted by Crippen LogP contribution is -2.39. The Bertz CT molecular complexity index is 773. The summed E-state index contributed by atoms with van der Waals surface area (Å²) in [5.41, 5.74) is 4.34. The molecule has 7 nitrogen and oxygen atoms in total. The number of aryl methyl sites for hydroxylation is 2. The predicted octanol–water partition coefficient (Wildman–Crippen LogP) is 2.42. The van der Waals surface area contributed by atoms with Gasteiger partial charge in [0, 0.05) is 44.4 Å². The second-order valence-corrected chi connectivity index (χ2v) is 6.41. The fraction of sp³-hybridized carbons (Fsp3) is 0.450. The highest BCUT2D eigenvalue weighted by Gasteiger charge is 2.09. The summed E-state index contributed by atoms with van der Waals surface area (Å²) in [5, 5.41) is 13.8. The van der Waals surface area contributed by atoms with Gasteiger partial charge in [0.1, 0.15) is 0 Å². The number of benzene rings is 1. The molecule has 2 aromatic rings. The first kappa shape index (κ1) is 23.9. The lowest BCUT2D eigenvalue weighted by Gasteiger charge is -2.11. The zero-order chi connectivity index (χ0) is 19.6. The highest BCUT2D eigenvalue weighted by Crippen LogP contribution is 2.12. The Morgan fingerprint density at radius 1 is 1.14 bits per heavy atom. The molecule has 0 fully saturated rings. The van der Waals surface area contributed by atoms with Gasteiger partial charge in [0.05, 0.1) is 12.2 Å². The minimum atomic E-state index is 0. The van der Waals surface area contributed by atoms with Gasteiger partial charge >= 0.3 is 0 Å². The quantitative estimate of drug-likeness (QED) is 0.297. The van der Waals surface area contributed by atoms with Crippen LogP contribution < -0.4 is 16.0 Å². The molecule has 0 aliphatic heterocycles. The second-order valence-electron chi connectivity index (χ2n) is 6.41. The van der Waals surface area contributed by atoms with Crippen molar-refractivity contribution in [2.45, 2.75) is 40.3 Å². The van der Waals surface area contributed by atoms with Gasteiger partial charge < -0.3 is 16.0 Å². The van der Waals surface area contributed by atoms with Crippen LogP contribution in [0.5, 0.6) is 0 Å². The molecule has 0 bridgehead atoms. The molecule has 8 heteroatoms. The van der Waals surface area contributed by atoms with Crippen molar-refractivity contribution in [2.24, 2.45) is 12.0 Å². The maximum absolute atomic E-state index is 12.0. The van der Waals surface area contributed by atoms with Crippen molar-refractivity contribution >= 4 is 35.8 Å². The van der Waals surface area contributed by atoms with Crippen molar-refractivity contribution in [2.75, 3.05) is 13.1 Å². The van der Waals surface area contributed by atoms with Crippen molar-refractivity contribution in [3.8, 4) is 0 Å². The van der Waals surface area contributed by atoms with Crippen molar-refractivity contribution < 1.29 is 4.79 Å². The number of amides is 1. The molecule has 1 aromatic carbocycles. The first-order valence-corrected chi connectivity index (χ1v) is 9.33.